The number of carbonyl (C=O) groups excluding carboxylic acids is 3. The molecule has 0 bridgehead atoms. The van der Waals surface area contributed by atoms with E-state index in [0.717, 1.165) is 11.1 Å². The summed E-state index contributed by atoms with van der Waals surface area (Å²) in [7, 11) is 1.54. The highest BCUT2D eigenvalue weighted by molar-refractivity contribution is 5.96. The molecule has 0 saturated heterocycles. The topological polar surface area (TPSA) is 78.9 Å². The molecule has 3 rings (SSSR count). The van der Waals surface area contributed by atoms with Crippen molar-refractivity contribution < 1.29 is 28.6 Å². The molecule has 0 heterocycles. The highest BCUT2D eigenvalue weighted by Gasteiger charge is 2.38. The fourth-order valence-electron chi connectivity index (χ4n) is 3.48. The lowest BCUT2D eigenvalue weighted by Gasteiger charge is -2.24. The monoisotopic (exact) mass is 446 g/mol. The van der Waals surface area contributed by atoms with Gasteiger partial charge >= 0.3 is 11.9 Å². The zero-order valence-corrected chi connectivity index (χ0v) is 18.4. The summed E-state index contributed by atoms with van der Waals surface area (Å²) in [4.78, 5) is 37.7. The van der Waals surface area contributed by atoms with E-state index in [9.17, 15) is 14.4 Å². The second kappa shape index (κ2) is 12.2. The third-order valence-electron chi connectivity index (χ3n) is 5.25. The van der Waals surface area contributed by atoms with Crippen LogP contribution in [0, 0.1) is 5.92 Å². The molecule has 3 aromatic carbocycles. The average Bonchev–Trinajstić information content (AvgIpc) is 2.87. The normalized spacial score (nSPS) is 11.5. The molecule has 0 saturated carbocycles. The predicted octanol–water partition coefficient (Wildman–Crippen LogP) is 4.47. The highest BCUT2D eigenvalue weighted by Crippen LogP contribution is 2.31. The van der Waals surface area contributed by atoms with Crippen LogP contribution in [0.25, 0.3) is 0 Å². The van der Waals surface area contributed by atoms with Gasteiger partial charge in [-0.3, -0.25) is 9.59 Å². The van der Waals surface area contributed by atoms with Crippen molar-refractivity contribution in [2.45, 2.75) is 25.6 Å². The molecule has 0 spiro atoms. The van der Waals surface area contributed by atoms with Crippen molar-refractivity contribution >= 4 is 18.2 Å². The molecule has 6 nitrogen and oxygen atoms in total. The van der Waals surface area contributed by atoms with Crippen molar-refractivity contribution in [2.24, 2.45) is 5.92 Å². The minimum absolute atomic E-state index is 0.0125. The standard InChI is InChI=1S/C27H26O6/c1-31-23-14-12-22(13-15-23)24(16-17-28)25(26(29)32-18-20-8-4-2-5-9-20)27(30)33-19-21-10-6-3-7-11-21/h2-15,17,24-25H,16,18-19H2,1H3/t24-/m1/s1. The molecule has 0 N–H and O–H groups in total. The summed E-state index contributed by atoms with van der Waals surface area (Å²) in [6.45, 7) is 0.0249. The van der Waals surface area contributed by atoms with Gasteiger partial charge in [0.2, 0.25) is 0 Å². The Morgan fingerprint density at radius 3 is 1.67 bits per heavy atom. The first-order valence-electron chi connectivity index (χ1n) is 10.6. The maximum Gasteiger partial charge on any atom is 0.321 e. The van der Waals surface area contributed by atoms with Gasteiger partial charge in [0.05, 0.1) is 7.11 Å². The minimum atomic E-state index is -1.30. The lowest BCUT2D eigenvalue weighted by molar-refractivity contribution is -0.165. The van der Waals surface area contributed by atoms with Crippen LogP contribution in [0.1, 0.15) is 29.0 Å². The summed E-state index contributed by atoms with van der Waals surface area (Å²) < 4.78 is 16.1. The summed E-state index contributed by atoms with van der Waals surface area (Å²) in [5.41, 5.74) is 2.22. The van der Waals surface area contributed by atoms with Gasteiger partial charge in [-0.25, -0.2) is 0 Å². The maximum absolute atomic E-state index is 13.1. The SMILES string of the molecule is COc1ccc([C@@H](CC=O)C(C(=O)OCc2ccccc2)C(=O)OCc2ccccc2)cc1. The first kappa shape index (κ1) is 23.7. The molecule has 0 amide bonds. The Morgan fingerprint density at radius 2 is 1.24 bits per heavy atom. The van der Waals surface area contributed by atoms with Crippen LogP contribution >= 0.6 is 0 Å². The summed E-state index contributed by atoms with van der Waals surface area (Å²) >= 11 is 0. The third kappa shape index (κ3) is 6.77. The number of benzene rings is 3. The summed E-state index contributed by atoms with van der Waals surface area (Å²) in [5.74, 6) is -2.88. The summed E-state index contributed by atoms with van der Waals surface area (Å²) in [5, 5.41) is 0. The van der Waals surface area contributed by atoms with E-state index in [1.807, 2.05) is 60.7 Å². The zero-order valence-electron chi connectivity index (χ0n) is 18.4. The molecule has 0 aliphatic carbocycles. The van der Waals surface area contributed by atoms with Crippen LogP contribution in [0.15, 0.2) is 84.9 Å². The van der Waals surface area contributed by atoms with Crippen molar-refractivity contribution in [3.8, 4) is 5.75 Å². The first-order chi connectivity index (χ1) is 16.1. The van der Waals surface area contributed by atoms with E-state index in [4.69, 9.17) is 14.2 Å². The largest absolute Gasteiger partial charge is 0.497 e. The van der Waals surface area contributed by atoms with Crippen LogP contribution in [0.5, 0.6) is 5.75 Å². The second-order valence-electron chi connectivity index (χ2n) is 7.45. The van der Waals surface area contributed by atoms with E-state index in [2.05, 4.69) is 0 Å². The van der Waals surface area contributed by atoms with Crippen LogP contribution in [-0.4, -0.2) is 25.3 Å². The average molecular weight is 446 g/mol. The van der Waals surface area contributed by atoms with E-state index >= 15 is 0 Å². The van der Waals surface area contributed by atoms with Crippen LogP contribution in [0.2, 0.25) is 0 Å². The Morgan fingerprint density at radius 1 is 0.758 bits per heavy atom. The number of methoxy groups -OCH3 is 1. The molecule has 0 aliphatic rings. The fourth-order valence-corrected chi connectivity index (χ4v) is 3.48. The van der Waals surface area contributed by atoms with Gasteiger partial charge in [0.25, 0.3) is 0 Å². The van der Waals surface area contributed by atoms with Crippen LogP contribution in [-0.2, 0) is 37.1 Å². The van der Waals surface area contributed by atoms with Gasteiger partial charge in [-0.1, -0.05) is 72.8 Å². The smallest absolute Gasteiger partial charge is 0.321 e. The second-order valence-corrected chi connectivity index (χ2v) is 7.45. The predicted molar refractivity (Wildman–Crippen MR) is 122 cm³/mol. The van der Waals surface area contributed by atoms with E-state index in [1.165, 1.54) is 0 Å². The molecule has 170 valence electrons. The molecule has 0 unspecified atom stereocenters. The van der Waals surface area contributed by atoms with E-state index in [0.29, 0.717) is 17.6 Å². The molecule has 0 fully saturated rings. The van der Waals surface area contributed by atoms with E-state index in [1.54, 1.807) is 31.4 Å². The molecular weight excluding hydrogens is 420 g/mol. The molecule has 33 heavy (non-hydrogen) atoms. The molecule has 6 heteroatoms. The molecule has 0 radical (unpaired) electrons. The van der Waals surface area contributed by atoms with Gasteiger partial charge in [-0.2, -0.15) is 0 Å². The number of ether oxygens (including phenoxy) is 3. The van der Waals surface area contributed by atoms with Crippen molar-refractivity contribution in [2.75, 3.05) is 7.11 Å². The Hall–Kier alpha value is -3.93. The fraction of sp³-hybridized carbons (Fsp3) is 0.222. The molecule has 0 aliphatic heterocycles. The zero-order chi connectivity index (χ0) is 23.5. The summed E-state index contributed by atoms with van der Waals surface area (Å²) in [6, 6.07) is 25.2. The Balaban J connectivity index is 1.84. The quantitative estimate of drug-likeness (QED) is 0.246. The van der Waals surface area contributed by atoms with Gasteiger partial charge in [0, 0.05) is 12.3 Å². The lowest BCUT2D eigenvalue weighted by atomic mass is 9.83. The van der Waals surface area contributed by atoms with Gasteiger partial charge < -0.3 is 19.0 Å². The van der Waals surface area contributed by atoms with Gasteiger partial charge in [-0.05, 0) is 28.8 Å². The Bertz CT molecular complexity index is 976. The summed E-state index contributed by atoms with van der Waals surface area (Å²) in [6.07, 6.45) is 0.648. The van der Waals surface area contributed by atoms with Crippen molar-refractivity contribution in [1.29, 1.82) is 0 Å². The van der Waals surface area contributed by atoms with Gasteiger partial charge in [0.1, 0.15) is 25.2 Å². The van der Waals surface area contributed by atoms with Crippen molar-refractivity contribution in [1.82, 2.24) is 0 Å². The molecule has 0 aromatic heterocycles. The first-order valence-corrected chi connectivity index (χ1v) is 10.6. The lowest BCUT2D eigenvalue weighted by Crippen LogP contribution is -2.33. The number of carbonyl (C=O) groups is 3. The molecule has 1 atom stereocenters. The molecule has 3 aromatic rings. The molecular formula is C27H26O6. The number of hydrogen-bond donors (Lipinski definition) is 0. The van der Waals surface area contributed by atoms with Crippen molar-refractivity contribution in [3.05, 3.63) is 102 Å². The maximum atomic E-state index is 13.1. The number of aldehydes is 1. The minimum Gasteiger partial charge on any atom is -0.497 e. The van der Waals surface area contributed by atoms with Gasteiger partial charge in [-0.15, -0.1) is 0 Å². The van der Waals surface area contributed by atoms with E-state index in [-0.39, 0.29) is 19.6 Å². The highest BCUT2D eigenvalue weighted by atomic mass is 16.6. The Kier molecular flexibility index (Phi) is 8.77. The van der Waals surface area contributed by atoms with E-state index < -0.39 is 23.8 Å². The van der Waals surface area contributed by atoms with Crippen molar-refractivity contribution in [3.63, 3.8) is 0 Å². The number of hydrogen-bond acceptors (Lipinski definition) is 6. The number of rotatable bonds is 11. The van der Waals surface area contributed by atoms with Crippen LogP contribution in [0.4, 0.5) is 0 Å². The third-order valence-corrected chi connectivity index (χ3v) is 5.25. The van der Waals surface area contributed by atoms with Crippen LogP contribution in [0.3, 0.4) is 0 Å². The van der Waals surface area contributed by atoms with Crippen LogP contribution < -0.4 is 4.74 Å². The number of esters is 2. The van der Waals surface area contributed by atoms with Gasteiger partial charge in [0.15, 0.2) is 5.92 Å². The Labute approximate surface area is 193 Å².